The van der Waals surface area contributed by atoms with E-state index in [9.17, 15) is 4.79 Å². The van der Waals surface area contributed by atoms with Crippen LogP contribution in [0.25, 0.3) is 0 Å². The third kappa shape index (κ3) is 4.24. The van der Waals surface area contributed by atoms with Crippen LogP contribution >= 0.6 is 35.1 Å². The van der Waals surface area contributed by atoms with Crippen LogP contribution in [-0.2, 0) is 6.54 Å². The second-order valence-corrected chi connectivity index (χ2v) is 7.09. The lowest BCUT2D eigenvalue weighted by molar-refractivity contribution is 0.0947. The van der Waals surface area contributed by atoms with Gasteiger partial charge in [0, 0.05) is 19.3 Å². The second kappa shape index (κ2) is 7.86. The number of aryl methyl sites for hydroxylation is 2. The highest BCUT2D eigenvalue weighted by molar-refractivity contribution is 8.01. The normalized spacial score (nSPS) is 10.8. The molecule has 5 nitrogen and oxygen atoms in total. The van der Waals surface area contributed by atoms with Gasteiger partial charge in [0.1, 0.15) is 5.03 Å². The molecule has 0 aromatic carbocycles. The number of rotatable bonds is 7. The molecular weight excluding hydrogens is 324 g/mol. The molecule has 0 aliphatic carbocycles. The Hall–Kier alpha value is -0.990. The van der Waals surface area contributed by atoms with Gasteiger partial charge < -0.3 is 5.32 Å². The van der Waals surface area contributed by atoms with Crippen molar-refractivity contribution in [3.05, 3.63) is 23.5 Å². The van der Waals surface area contributed by atoms with Crippen LogP contribution in [0.2, 0.25) is 0 Å². The standard InChI is InChI=1S/C13H18N4OS3/c1-9-7-15-17(8-9)6-4-5-14-11(18)10-12(19-2)16-21-13(10)20-3/h7-8H,4-6H2,1-3H3,(H,14,18). The lowest BCUT2D eigenvalue weighted by Crippen LogP contribution is -2.25. The third-order valence-electron chi connectivity index (χ3n) is 2.85. The maximum absolute atomic E-state index is 12.3. The van der Waals surface area contributed by atoms with Gasteiger partial charge in [-0.05, 0) is 43.0 Å². The van der Waals surface area contributed by atoms with Crippen molar-refractivity contribution in [3.63, 3.8) is 0 Å². The quantitative estimate of drug-likeness (QED) is 0.619. The number of aromatic nitrogens is 3. The van der Waals surface area contributed by atoms with E-state index in [4.69, 9.17) is 0 Å². The topological polar surface area (TPSA) is 59.8 Å². The molecule has 2 rings (SSSR count). The molecule has 8 heteroatoms. The molecule has 1 amide bonds. The third-order valence-corrected chi connectivity index (χ3v) is 5.59. The maximum atomic E-state index is 12.3. The van der Waals surface area contributed by atoms with Crippen molar-refractivity contribution >= 4 is 41.0 Å². The molecule has 0 saturated heterocycles. The number of carbonyl (C=O) groups is 1. The number of hydrogen-bond donors (Lipinski definition) is 1. The molecule has 0 atom stereocenters. The summed E-state index contributed by atoms with van der Waals surface area (Å²) in [6, 6.07) is 0. The fraction of sp³-hybridized carbons (Fsp3) is 0.462. The van der Waals surface area contributed by atoms with E-state index in [1.807, 2.05) is 36.5 Å². The maximum Gasteiger partial charge on any atom is 0.256 e. The van der Waals surface area contributed by atoms with Crippen LogP contribution in [0.3, 0.4) is 0 Å². The summed E-state index contributed by atoms with van der Waals surface area (Å²) in [6.45, 7) is 3.46. The lowest BCUT2D eigenvalue weighted by Gasteiger charge is -2.06. The molecule has 0 unspecified atom stereocenters. The van der Waals surface area contributed by atoms with Gasteiger partial charge in [-0.1, -0.05) is 0 Å². The van der Waals surface area contributed by atoms with Crippen molar-refractivity contribution in [2.24, 2.45) is 0 Å². The van der Waals surface area contributed by atoms with Crippen molar-refractivity contribution in [1.82, 2.24) is 19.5 Å². The minimum Gasteiger partial charge on any atom is -0.352 e. The lowest BCUT2D eigenvalue weighted by atomic mass is 10.3. The van der Waals surface area contributed by atoms with Gasteiger partial charge >= 0.3 is 0 Å². The minimum atomic E-state index is -0.0332. The monoisotopic (exact) mass is 342 g/mol. The fourth-order valence-electron chi connectivity index (χ4n) is 1.85. The van der Waals surface area contributed by atoms with Crippen LogP contribution in [0.1, 0.15) is 22.3 Å². The van der Waals surface area contributed by atoms with Gasteiger partial charge in [0.15, 0.2) is 0 Å². The number of nitrogens with one attached hydrogen (secondary N) is 1. The molecule has 0 aliphatic heterocycles. The summed E-state index contributed by atoms with van der Waals surface area (Å²) < 4.78 is 7.18. The molecule has 1 N–H and O–H groups in total. The molecule has 0 saturated carbocycles. The van der Waals surface area contributed by atoms with Crippen molar-refractivity contribution in [3.8, 4) is 0 Å². The van der Waals surface area contributed by atoms with E-state index in [0.29, 0.717) is 6.54 Å². The van der Waals surface area contributed by atoms with Crippen LogP contribution in [-0.4, -0.2) is 39.1 Å². The number of nitrogens with zero attached hydrogens (tertiary/aromatic N) is 3. The predicted octanol–water partition coefficient (Wildman–Crippen LogP) is 2.91. The Morgan fingerprint density at radius 1 is 1.43 bits per heavy atom. The molecule has 0 spiro atoms. The van der Waals surface area contributed by atoms with Gasteiger partial charge in [-0.2, -0.15) is 9.47 Å². The Morgan fingerprint density at radius 3 is 2.86 bits per heavy atom. The van der Waals surface area contributed by atoms with Crippen molar-refractivity contribution in [2.45, 2.75) is 29.1 Å². The Bertz CT molecular complexity index is 587. The molecular formula is C13H18N4OS3. The van der Waals surface area contributed by atoms with Crippen LogP contribution in [0.5, 0.6) is 0 Å². The molecule has 0 aliphatic rings. The van der Waals surface area contributed by atoms with Crippen molar-refractivity contribution in [2.75, 3.05) is 19.1 Å². The zero-order valence-electron chi connectivity index (χ0n) is 12.3. The fourth-order valence-corrected chi connectivity index (χ4v) is 4.13. The zero-order chi connectivity index (χ0) is 15.2. The highest BCUT2D eigenvalue weighted by Gasteiger charge is 2.19. The van der Waals surface area contributed by atoms with Crippen LogP contribution < -0.4 is 5.32 Å². The molecule has 2 heterocycles. The van der Waals surface area contributed by atoms with Gasteiger partial charge in [-0.15, -0.1) is 23.5 Å². The minimum absolute atomic E-state index is 0.0332. The Morgan fingerprint density at radius 2 is 2.24 bits per heavy atom. The first-order valence-corrected chi connectivity index (χ1v) is 9.73. The van der Waals surface area contributed by atoms with Crippen LogP contribution in [0, 0.1) is 6.92 Å². The molecule has 2 aromatic heterocycles. The predicted molar refractivity (Wildman–Crippen MR) is 89.6 cm³/mol. The molecule has 114 valence electrons. The van der Waals surface area contributed by atoms with Crippen LogP contribution in [0.4, 0.5) is 0 Å². The summed E-state index contributed by atoms with van der Waals surface area (Å²) in [5.74, 6) is -0.0332. The Kier molecular flexibility index (Phi) is 6.13. The largest absolute Gasteiger partial charge is 0.352 e. The summed E-state index contributed by atoms with van der Waals surface area (Å²) >= 11 is 4.46. The summed E-state index contributed by atoms with van der Waals surface area (Å²) in [7, 11) is 0. The van der Waals surface area contributed by atoms with E-state index in [1.54, 1.807) is 11.8 Å². The first kappa shape index (κ1) is 16.4. The zero-order valence-corrected chi connectivity index (χ0v) is 14.7. The number of thioether (sulfide) groups is 2. The van der Waals surface area contributed by atoms with E-state index in [2.05, 4.69) is 14.8 Å². The molecule has 0 fully saturated rings. The van der Waals surface area contributed by atoms with E-state index in [0.717, 1.165) is 33.3 Å². The van der Waals surface area contributed by atoms with Crippen molar-refractivity contribution < 1.29 is 4.79 Å². The first-order valence-electron chi connectivity index (χ1n) is 6.50. The van der Waals surface area contributed by atoms with Gasteiger partial charge in [-0.25, -0.2) is 0 Å². The first-order chi connectivity index (χ1) is 10.2. The second-order valence-electron chi connectivity index (χ2n) is 4.45. The van der Waals surface area contributed by atoms with Crippen molar-refractivity contribution in [1.29, 1.82) is 0 Å². The molecule has 21 heavy (non-hydrogen) atoms. The smallest absolute Gasteiger partial charge is 0.256 e. The van der Waals surface area contributed by atoms with E-state index >= 15 is 0 Å². The summed E-state index contributed by atoms with van der Waals surface area (Å²) in [6.07, 6.45) is 8.60. The van der Waals surface area contributed by atoms with Gasteiger partial charge in [0.05, 0.1) is 16.0 Å². The number of amides is 1. The average Bonchev–Trinajstić information content (AvgIpc) is 3.08. The average molecular weight is 343 g/mol. The van der Waals surface area contributed by atoms with E-state index in [1.165, 1.54) is 23.3 Å². The summed E-state index contributed by atoms with van der Waals surface area (Å²) in [5.41, 5.74) is 1.87. The highest BCUT2D eigenvalue weighted by Crippen LogP contribution is 2.32. The van der Waals surface area contributed by atoms with Gasteiger partial charge in [-0.3, -0.25) is 9.48 Å². The Balaban J connectivity index is 1.85. The summed E-state index contributed by atoms with van der Waals surface area (Å²) in [5, 5.41) is 8.01. The van der Waals surface area contributed by atoms with Crippen LogP contribution in [0.15, 0.2) is 21.6 Å². The van der Waals surface area contributed by atoms with Gasteiger partial charge in [0.25, 0.3) is 5.91 Å². The number of hydrogen-bond acceptors (Lipinski definition) is 6. The summed E-state index contributed by atoms with van der Waals surface area (Å²) in [4.78, 5) is 12.3. The molecule has 0 bridgehead atoms. The van der Waals surface area contributed by atoms with E-state index in [-0.39, 0.29) is 5.91 Å². The SMILES string of the molecule is CSc1nsc(SC)c1C(=O)NCCCn1cc(C)cn1. The Labute approximate surface area is 137 Å². The highest BCUT2D eigenvalue weighted by atomic mass is 32.2. The van der Waals surface area contributed by atoms with E-state index < -0.39 is 0 Å². The molecule has 2 aromatic rings. The number of carbonyl (C=O) groups excluding carboxylic acids is 1. The molecule has 0 radical (unpaired) electrons. The van der Waals surface area contributed by atoms with Gasteiger partial charge in [0.2, 0.25) is 0 Å².